The number of H-pyrrole nitrogens is 1. The summed E-state index contributed by atoms with van der Waals surface area (Å²) >= 11 is 0. The quantitative estimate of drug-likeness (QED) is 0.644. The zero-order chi connectivity index (χ0) is 12.1. The molecule has 2 aromatic rings. The number of carbonyl (C=O) groups excluding carboxylic acids is 1. The Morgan fingerprint density at radius 2 is 2.18 bits per heavy atom. The lowest BCUT2D eigenvalue weighted by molar-refractivity contribution is 0.104. The number of aromatic nitrogens is 1. The molecule has 0 aliphatic rings. The van der Waals surface area contributed by atoms with Crippen LogP contribution in [0.1, 0.15) is 16.1 Å². The Labute approximate surface area is 99.7 Å². The predicted octanol–water partition coefficient (Wildman–Crippen LogP) is 2.92. The van der Waals surface area contributed by atoms with E-state index in [0.717, 1.165) is 5.69 Å². The molecule has 0 saturated carbocycles. The second-order valence-electron chi connectivity index (χ2n) is 3.56. The van der Waals surface area contributed by atoms with Crippen molar-refractivity contribution in [2.75, 3.05) is 7.11 Å². The molecule has 3 nitrogen and oxygen atoms in total. The van der Waals surface area contributed by atoms with Gasteiger partial charge in [-0.2, -0.15) is 0 Å². The van der Waals surface area contributed by atoms with Crippen LogP contribution in [0.25, 0.3) is 6.08 Å². The van der Waals surface area contributed by atoms with E-state index in [9.17, 15) is 4.79 Å². The number of rotatable bonds is 4. The van der Waals surface area contributed by atoms with Crippen LogP contribution >= 0.6 is 0 Å². The van der Waals surface area contributed by atoms with Gasteiger partial charge in [-0.1, -0.05) is 12.1 Å². The highest BCUT2D eigenvalue weighted by molar-refractivity contribution is 6.06. The molecule has 0 aliphatic carbocycles. The van der Waals surface area contributed by atoms with Gasteiger partial charge in [0.25, 0.3) is 0 Å². The molecule has 86 valence electrons. The molecule has 0 spiro atoms. The maximum Gasteiger partial charge on any atom is 0.186 e. The van der Waals surface area contributed by atoms with E-state index in [0.29, 0.717) is 11.3 Å². The van der Waals surface area contributed by atoms with E-state index in [2.05, 4.69) is 4.98 Å². The van der Waals surface area contributed by atoms with Crippen LogP contribution in [0.15, 0.2) is 48.7 Å². The van der Waals surface area contributed by atoms with Crippen molar-refractivity contribution >= 4 is 11.9 Å². The Balaban J connectivity index is 2.14. The van der Waals surface area contributed by atoms with Crippen LogP contribution in [-0.4, -0.2) is 17.9 Å². The third-order valence-corrected chi connectivity index (χ3v) is 2.39. The molecule has 1 N–H and O–H groups in total. The van der Waals surface area contributed by atoms with Crippen LogP contribution in [0.5, 0.6) is 5.75 Å². The topological polar surface area (TPSA) is 42.1 Å². The summed E-state index contributed by atoms with van der Waals surface area (Å²) in [5.74, 6) is 0.641. The first-order valence-electron chi connectivity index (χ1n) is 5.29. The Morgan fingerprint density at radius 1 is 1.29 bits per heavy atom. The summed E-state index contributed by atoms with van der Waals surface area (Å²) in [4.78, 5) is 14.9. The van der Waals surface area contributed by atoms with Gasteiger partial charge in [0.05, 0.1) is 7.11 Å². The van der Waals surface area contributed by atoms with Crippen molar-refractivity contribution in [3.05, 3.63) is 59.9 Å². The summed E-state index contributed by atoms with van der Waals surface area (Å²) in [7, 11) is 1.58. The first-order chi connectivity index (χ1) is 8.29. The number of nitrogens with one attached hydrogen (secondary N) is 1. The second kappa shape index (κ2) is 5.16. The molecule has 0 unspecified atom stereocenters. The number of hydrogen-bond donors (Lipinski definition) is 1. The molecule has 0 fully saturated rings. The number of allylic oxidation sites excluding steroid dienone is 1. The third-order valence-electron chi connectivity index (χ3n) is 2.39. The third kappa shape index (κ3) is 2.84. The Kier molecular flexibility index (Phi) is 3.40. The summed E-state index contributed by atoms with van der Waals surface area (Å²) in [5.41, 5.74) is 1.52. The molecular formula is C14H13NO2. The zero-order valence-corrected chi connectivity index (χ0v) is 9.51. The van der Waals surface area contributed by atoms with Gasteiger partial charge < -0.3 is 9.72 Å². The van der Waals surface area contributed by atoms with Crippen LogP contribution in [0, 0.1) is 0 Å². The minimum absolute atomic E-state index is 0.0431. The van der Waals surface area contributed by atoms with E-state index >= 15 is 0 Å². The minimum Gasteiger partial charge on any atom is -0.497 e. The summed E-state index contributed by atoms with van der Waals surface area (Å²) in [6, 6.07) is 10.9. The number of benzene rings is 1. The highest BCUT2D eigenvalue weighted by Crippen LogP contribution is 2.13. The highest BCUT2D eigenvalue weighted by atomic mass is 16.5. The smallest absolute Gasteiger partial charge is 0.186 e. The van der Waals surface area contributed by atoms with Gasteiger partial charge in [0.2, 0.25) is 0 Å². The normalized spacial score (nSPS) is 10.6. The maximum absolute atomic E-state index is 11.9. The summed E-state index contributed by atoms with van der Waals surface area (Å²) < 4.78 is 5.07. The number of ether oxygens (including phenoxy) is 1. The van der Waals surface area contributed by atoms with Gasteiger partial charge in [-0.15, -0.1) is 0 Å². The number of carbonyl (C=O) groups is 1. The Morgan fingerprint density at radius 3 is 2.88 bits per heavy atom. The monoisotopic (exact) mass is 227 g/mol. The summed E-state index contributed by atoms with van der Waals surface area (Å²) in [5, 5.41) is 0. The van der Waals surface area contributed by atoms with Gasteiger partial charge in [-0.3, -0.25) is 4.79 Å². The maximum atomic E-state index is 11.9. The molecule has 0 radical (unpaired) electrons. The molecule has 1 aromatic carbocycles. The second-order valence-corrected chi connectivity index (χ2v) is 3.56. The summed E-state index contributed by atoms with van der Waals surface area (Å²) in [6.45, 7) is 0. The molecule has 0 aliphatic heterocycles. The first-order valence-corrected chi connectivity index (χ1v) is 5.29. The van der Waals surface area contributed by atoms with E-state index in [1.165, 1.54) is 0 Å². The van der Waals surface area contributed by atoms with E-state index in [4.69, 9.17) is 4.74 Å². The lowest BCUT2D eigenvalue weighted by atomic mass is 10.1. The molecule has 2 rings (SSSR count). The van der Waals surface area contributed by atoms with E-state index in [1.807, 2.05) is 24.4 Å². The predicted molar refractivity (Wildman–Crippen MR) is 67.2 cm³/mol. The van der Waals surface area contributed by atoms with Crippen LogP contribution in [0.3, 0.4) is 0 Å². The molecule has 17 heavy (non-hydrogen) atoms. The molecule has 0 atom stereocenters. The fraction of sp³-hybridized carbons (Fsp3) is 0.0714. The molecule has 0 saturated heterocycles. The van der Waals surface area contributed by atoms with Crippen molar-refractivity contribution < 1.29 is 9.53 Å². The van der Waals surface area contributed by atoms with Gasteiger partial charge in [0.15, 0.2) is 5.78 Å². The van der Waals surface area contributed by atoms with E-state index in [-0.39, 0.29) is 5.78 Å². The standard InChI is InChI=1S/C14H13NO2/c1-17-13-6-2-4-11(10-13)14(16)8-7-12-5-3-9-15-12/h2-10,15H,1H3/b8-7+. The van der Waals surface area contributed by atoms with Crippen molar-refractivity contribution in [2.45, 2.75) is 0 Å². The number of ketones is 1. The van der Waals surface area contributed by atoms with Crippen LogP contribution in [0.4, 0.5) is 0 Å². The number of aromatic amines is 1. The van der Waals surface area contributed by atoms with Crippen molar-refractivity contribution in [1.82, 2.24) is 4.98 Å². The van der Waals surface area contributed by atoms with E-state index < -0.39 is 0 Å². The highest BCUT2D eigenvalue weighted by Gasteiger charge is 2.02. The fourth-order valence-electron chi connectivity index (χ4n) is 1.49. The van der Waals surface area contributed by atoms with Crippen molar-refractivity contribution in [1.29, 1.82) is 0 Å². The Hall–Kier alpha value is -2.29. The van der Waals surface area contributed by atoms with Crippen molar-refractivity contribution in [3.8, 4) is 5.75 Å². The molecule has 0 bridgehead atoms. The largest absolute Gasteiger partial charge is 0.497 e. The molecule has 1 aromatic heterocycles. The van der Waals surface area contributed by atoms with Gasteiger partial charge >= 0.3 is 0 Å². The van der Waals surface area contributed by atoms with Gasteiger partial charge in [-0.05, 0) is 36.4 Å². The first kappa shape index (κ1) is 11.2. The van der Waals surface area contributed by atoms with Crippen LogP contribution < -0.4 is 4.74 Å². The Bertz CT molecular complexity index is 527. The van der Waals surface area contributed by atoms with Gasteiger partial charge in [0.1, 0.15) is 5.75 Å². The number of hydrogen-bond acceptors (Lipinski definition) is 2. The van der Waals surface area contributed by atoms with Crippen molar-refractivity contribution in [2.24, 2.45) is 0 Å². The average Bonchev–Trinajstić information content (AvgIpc) is 2.89. The lowest BCUT2D eigenvalue weighted by Gasteiger charge is -2.00. The number of methoxy groups -OCH3 is 1. The van der Waals surface area contributed by atoms with Crippen LogP contribution in [0.2, 0.25) is 0 Å². The molecule has 1 heterocycles. The van der Waals surface area contributed by atoms with Crippen molar-refractivity contribution in [3.63, 3.8) is 0 Å². The lowest BCUT2D eigenvalue weighted by Crippen LogP contribution is -1.94. The SMILES string of the molecule is COc1cccc(C(=O)/C=C/c2ccc[nH]2)c1. The van der Waals surface area contributed by atoms with Gasteiger partial charge in [-0.25, -0.2) is 0 Å². The zero-order valence-electron chi connectivity index (χ0n) is 9.51. The average molecular weight is 227 g/mol. The molecule has 3 heteroatoms. The van der Waals surface area contributed by atoms with Gasteiger partial charge in [0, 0.05) is 17.5 Å². The minimum atomic E-state index is -0.0431. The van der Waals surface area contributed by atoms with Crippen LogP contribution in [-0.2, 0) is 0 Å². The molecular weight excluding hydrogens is 214 g/mol. The fourth-order valence-corrected chi connectivity index (χ4v) is 1.49. The summed E-state index contributed by atoms with van der Waals surface area (Å²) in [6.07, 6.45) is 5.11. The molecule has 0 amide bonds. The van der Waals surface area contributed by atoms with E-state index in [1.54, 1.807) is 37.5 Å².